The molecular formula is C14H15N3. The van der Waals surface area contributed by atoms with Crippen molar-refractivity contribution in [1.29, 1.82) is 0 Å². The molecule has 0 atom stereocenters. The first-order valence-electron chi connectivity index (χ1n) is 6.09. The molecule has 0 unspecified atom stereocenters. The predicted molar refractivity (Wildman–Crippen MR) is 68.9 cm³/mol. The topological polar surface area (TPSA) is 37.8 Å². The smallest absolute Gasteiger partial charge is 0.129 e. The molecule has 3 rings (SSSR count). The minimum Gasteiger partial charge on any atom is -0.370 e. The highest BCUT2D eigenvalue weighted by atomic mass is 15.0. The summed E-state index contributed by atoms with van der Waals surface area (Å²) in [7, 11) is 0. The molecule has 86 valence electrons. The van der Waals surface area contributed by atoms with Gasteiger partial charge in [0.05, 0.1) is 11.4 Å². The molecule has 17 heavy (non-hydrogen) atoms. The van der Waals surface area contributed by atoms with Crippen molar-refractivity contribution in [1.82, 2.24) is 9.97 Å². The lowest BCUT2D eigenvalue weighted by atomic mass is 10.1. The normalized spacial score (nSPS) is 14.6. The van der Waals surface area contributed by atoms with Gasteiger partial charge < -0.3 is 5.32 Å². The van der Waals surface area contributed by atoms with E-state index >= 15 is 0 Å². The van der Waals surface area contributed by atoms with Gasteiger partial charge in [-0.15, -0.1) is 0 Å². The van der Waals surface area contributed by atoms with E-state index in [9.17, 15) is 0 Å². The number of hydrogen-bond acceptors (Lipinski definition) is 3. The van der Waals surface area contributed by atoms with Gasteiger partial charge in [-0.25, -0.2) is 4.98 Å². The summed E-state index contributed by atoms with van der Waals surface area (Å²) in [5, 5.41) is 3.40. The largest absolute Gasteiger partial charge is 0.370 e. The summed E-state index contributed by atoms with van der Waals surface area (Å²) >= 11 is 0. The van der Waals surface area contributed by atoms with Crippen LogP contribution in [0.2, 0.25) is 0 Å². The first-order chi connectivity index (χ1) is 8.43. The van der Waals surface area contributed by atoms with E-state index in [1.165, 1.54) is 18.4 Å². The zero-order chi connectivity index (χ0) is 11.5. The molecule has 0 fully saturated rings. The molecular weight excluding hydrogens is 210 g/mol. The lowest BCUT2D eigenvalue weighted by Crippen LogP contribution is -2.02. The molecule has 1 aliphatic heterocycles. The Kier molecular flexibility index (Phi) is 2.74. The molecule has 3 heteroatoms. The van der Waals surface area contributed by atoms with Gasteiger partial charge in [0, 0.05) is 12.7 Å². The average molecular weight is 225 g/mol. The Morgan fingerprint density at radius 1 is 1.00 bits per heavy atom. The molecule has 2 aromatic rings. The van der Waals surface area contributed by atoms with Gasteiger partial charge in [0.25, 0.3) is 0 Å². The third-order valence-electron chi connectivity index (χ3n) is 3.07. The molecule has 0 bridgehead atoms. The number of nitrogens with zero attached hydrogens (tertiary/aromatic N) is 2. The fourth-order valence-corrected chi connectivity index (χ4v) is 2.15. The third kappa shape index (κ3) is 2.13. The van der Waals surface area contributed by atoms with E-state index in [0.717, 1.165) is 30.2 Å². The summed E-state index contributed by atoms with van der Waals surface area (Å²) in [6.07, 6.45) is 5.38. The standard InChI is InChI=1S/C14H15N3/c1-3-10-16-14-11(5-1)7-8-13(17-14)12-6-2-4-9-15-12/h2,4,6-9H,1,3,5,10H2,(H,16,17). The number of anilines is 1. The Balaban J connectivity index is 2.00. The minimum atomic E-state index is 0.932. The molecule has 1 N–H and O–H groups in total. The SMILES string of the molecule is c1ccc(-c2ccc3c(n2)NCCCC3)nc1. The molecule has 0 spiro atoms. The number of aryl methyl sites for hydroxylation is 1. The monoisotopic (exact) mass is 225 g/mol. The molecule has 2 aromatic heterocycles. The maximum Gasteiger partial charge on any atom is 0.129 e. The molecule has 3 heterocycles. The Morgan fingerprint density at radius 2 is 2.00 bits per heavy atom. The molecule has 0 saturated heterocycles. The predicted octanol–water partition coefficient (Wildman–Crippen LogP) is 2.89. The maximum absolute atomic E-state index is 4.67. The molecule has 3 nitrogen and oxygen atoms in total. The van der Waals surface area contributed by atoms with E-state index in [1.54, 1.807) is 6.20 Å². The summed E-state index contributed by atoms with van der Waals surface area (Å²) in [4.78, 5) is 9.00. The van der Waals surface area contributed by atoms with Crippen molar-refractivity contribution < 1.29 is 0 Å². The second-order valence-electron chi connectivity index (χ2n) is 4.30. The Hall–Kier alpha value is -1.90. The second-order valence-corrected chi connectivity index (χ2v) is 4.30. The number of aromatic nitrogens is 2. The van der Waals surface area contributed by atoms with Gasteiger partial charge in [-0.3, -0.25) is 4.98 Å². The lowest BCUT2D eigenvalue weighted by molar-refractivity contribution is 0.785. The number of fused-ring (bicyclic) bond motifs is 1. The van der Waals surface area contributed by atoms with E-state index in [4.69, 9.17) is 0 Å². The van der Waals surface area contributed by atoms with Crippen LogP contribution in [0, 0.1) is 0 Å². The molecule has 0 aliphatic carbocycles. The quantitative estimate of drug-likeness (QED) is 0.811. The van der Waals surface area contributed by atoms with Crippen molar-refractivity contribution in [2.24, 2.45) is 0 Å². The van der Waals surface area contributed by atoms with Gasteiger partial charge in [0.1, 0.15) is 5.82 Å². The maximum atomic E-state index is 4.67. The summed E-state index contributed by atoms with van der Waals surface area (Å²) in [6, 6.07) is 10.1. The van der Waals surface area contributed by atoms with E-state index in [0.29, 0.717) is 0 Å². The number of hydrogen-bond donors (Lipinski definition) is 1. The average Bonchev–Trinajstić information content (AvgIpc) is 2.64. The van der Waals surface area contributed by atoms with E-state index < -0.39 is 0 Å². The number of nitrogens with one attached hydrogen (secondary N) is 1. The van der Waals surface area contributed by atoms with Crippen LogP contribution in [0.15, 0.2) is 36.5 Å². The van der Waals surface area contributed by atoms with Gasteiger partial charge in [-0.1, -0.05) is 12.1 Å². The zero-order valence-electron chi connectivity index (χ0n) is 9.69. The van der Waals surface area contributed by atoms with Crippen LogP contribution in [0.25, 0.3) is 11.4 Å². The molecule has 0 aromatic carbocycles. The van der Waals surface area contributed by atoms with Crippen molar-refractivity contribution in [3.63, 3.8) is 0 Å². The zero-order valence-corrected chi connectivity index (χ0v) is 9.69. The van der Waals surface area contributed by atoms with Gasteiger partial charge in [-0.05, 0) is 43.0 Å². The summed E-state index contributed by atoms with van der Waals surface area (Å²) < 4.78 is 0. The molecule has 1 aliphatic rings. The van der Waals surface area contributed by atoms with E-state index in [-0.39, 0.29) is 0 Å². The summed E-state index contributed by atoms with van der Waals surface area (Å²) in [5.41, 5.74) is 3.20. The highest BCUT2D eigenvalue weighted by Gasteiger charge is 2.10. The van der Waals surface area contributed by atoms with E-state index in [1.807, 2.05) is 18.2 Å². The van der Waals surface area contributed by atoms with Gasteiger partial charge in [0.2, 0.25) is 0 Å². The van der Waals surface area contributed by atoms with Crippen LogP contribution in [0.5, 0.6) is 0 Å². The number of rotatable bonds is 1. The van der Waals surface area contributed by atoms with Crippen molar-refractivity contribution in [2.45, 2.75) is 19.3 Å². The van der Waals surface area contributed by atoms with Crippen molar-refractivity contribution in [3.05, 3.63) is 42.1 Å². The molecule has 0 amide bonds. The van der Waals surface area contributed by atoms with Crippen LogP contribution >= 0.6 is 0 Å². The fraction of sp³-hybridized carbons (Fsp3) is 0.286. The van der Waals surface area contributed by atoms with Crippen molar-refractivity contribution in [3.8, 4) is 11.4 Å². The highest BCUT2D eigenvalue weighted by molar-refractivity contribution is 5.59. The van der Waals surface area contributed by atoms with Crippen LogP contribution in [0.4, 0.5) is 5.82 Å². The fourth-order valence-electron chi connectivity index (χ4n) is 2.15. The van der Waals surface area contributed by atoms with Crippen LogP contribution in [-0.2, 0) is 6.42 Å². The second kappa shape index (κ2) is 4.53. The van der Waals surface area contributed by atoms with Gasteiger partial charge in [-0.2, -0.15) is 0 Å². The third-order valence-corrected chi connectivity index (χ3v) is 3.07. The van der Waals surface area contributed by atoms with Crippen LogP contribution in [0.1, 0.15) is 18.4 Å². The van der Waals surface area contributed by atoms with Gasteiger partial charge in [0.15, 0.2) is 0 Å². The van der Waals surface area contributed by atoms with Gasteiger partial charge >= 0.3 is 0 Å². The van der Waals surface area contributed by atoms with E-state index in [2.05, 4.69) is 27.4 Å². The van der Waals surface area contributed by atoms with Crippen molar-refractivity contribution in [2.75, 3.05) is 11.9 Å². The first-order valence-corrected chi connectivity index (χ1v) is 6.09. The van der Waals surface area contributed by atoms with Crippen LogP contribution < -0.4 is 5.32 Å². The minimum absolute atomic E-state index is 0.932. The first kappa shape index (κ1) is 10.3. The van der Waals surface area contributed by atoms with Crippen molar-refractivity contribution >= 4 is 5.82 Å². The summed E-state index contributed by atoms with van der Waals surface area (Å²) in [6.45, 7) is 1.02. The summed E-state index contributed by atoms with van der Waals surface area (Å²) in [5.74, 6) is 1.03. The molecule has 0 radical (unpaired) electrons. The number of pyridine rings is 2. The Labute approximate surface area is 101 Å². The Bertz CT molecular complexity index is 508. The Morgan fingerprint density at radius 3 is 2.88 bits per heavy atom. The highest BCUT2D eigenvalue weighted by Crippen LogP contribution is 2.23. The van der Waals surface area contributed by atoms with Crippen LogP contribution in [-0.4, -0.2) is 16.5 Å². The lowest BCUT2D eigenvalue weighted by Gasteiger charge is -2.08. The molecule has 0 saturated carbocycles. The van der Waals surface area contributed by atoms with Crippen LogP contribution in [0.3, 0.4) is 0 Å².